The van der Waals surface area contributed by atoms with E-state index in [1.165, 1.54) is 12.1 Å². The molecule has 3 rings (SSSR count). The van der Waals surface area contributed by atoms with Crippen molar-refractivity contribution in [3.05, 3.63) is 52.3 Å². The Labute approximate surface area is 130 Å². The van der Waals surface area contributed by atoms with Gasteiger partial charge in [-0.3, -0.25) is 0 Å². The number of halogens is 2. The lowest BCUT2D eigenvalue weighted by Gasteiger charge is -2.14. The highest BCUT2D eigenvalue weighted by molar-refractivity contribution is 9.10. The molecule has 0 N–H and O–H groups in total. The van der Waals surface area contributed by atoms with Gasteiger partial charge in [0.05, 0.1) is 11.6 Å². The quantitative estimate of drug-likeness (QED) is 0.832. The Morgan fingerprint density at radius 1 is 1.29 bits per heavy atom. The zero-order valence-electron chi connectivity index (χ0n) is 11.4. The van der Waals surface area contributed by atoms with Gasteiger partial charge in [-0.15, -0.1) is 0 Å². The third-order valence-corrected chi connectivity index (χ3v) is 3.95. The lowest BCUT2D eigenvalue weighted by molar-refractivity contribution is 0.148. The molecular weight excluding hydrogens is 339 g/mol. The summed E-state index contributed by atoms with van der Waals surface area (Å²) in [5, 5.41) is 0. The van der Waals surface area contributed by atoms with E-state index >= 15 is 0 Å². The summed E-state index contributed by atoms with van der Waals surface area (Å²) < 4.78 is 30.6. The second-order valence-corrected chi connectivity index (χ2v) is 5.66. The van der Waals surface area contributed by atoms with Crippen molar-refractivity contribution >= 4 is 15.9 Å². The van der Waals surface area contributed by atoms with Crippen LogP contribution >= 0.6 is 15.9 Å². The molecule has 1 aliphatic rings. The summed E-state index contributed by atoms with van der Waals surface area (Å²) in [5.74, 6) is 1.98. The lowest BCUT2D eigenvalue weighted by Crippen LogP contribution is -2.22. The first-order valence-electron chi connectivity index (χ1n) is 6.57. The number of hydrogen-bond acceptors (Lipinski definition) is 3. The van der Waals surface area contributed by atoms with E-state index in [0.29, 0.717) is 13.0 Å². The molecular formula is C16H14BrFO3. The van der Waals surface area contributed by atoms with Crippen molar-refractivity contribution < 1.29 is 18.6 Å². The third kappa shape index (κ3) is 3.13. The van der Waals surface area contributed by atoms with Crippen molar-refractivity contribution in [3.63, 3.8) is 0 Å². The molecule has 0 radical (unpaired) electrons. The van der Waals surface area contributed by atoms with Crippen molar-refractivity contribution in [3.8, 4) is 17.2 Å². The molecule has 5 heteroatoms. The van der Waals surface area contributed by atoms with Crippen molar-refractivity contribution in [1.29, 1.82) is 0 Å². The predicted octanol–water partition coefficient (Wildman–Crippen LogP) is 3.98. The average Bonchev–Trinajstić information content (AvgIpc) is 2.87. The van der Waals surface area contributed by atoms with Crippen LogP contribution in [-0.2, 0) is 6.42 Å². The van der Waals surface area contributed by atoms with Crippen molar-refractivity contribution in [2.24, 2.45) is 0 Å². The Bertz CT molecular complexity index is 660. The second kappa shape index (κ2) is 5.93. The largest absolute Gasteiger partial charge is 0.497 e. The molecule has 0 saturated heterocycles. The van der Waals surface area contributed by atoms with E-state index in [2.05, 4.69) is 15.9 Å². The van der Waals surface area contributed by atoms with E-state index in [9.17, 15) is 4.39 Å². The normalized spacial score (nSPS) is 16.2. The first-order valence-corrected chi connectivity index (χ1v) is 7.36. The van der Waals surface area contributed by atoms with Crippen LogP contribution in [0.5, 0.6) is 17.2 Å². The molecule has 0 fully saturated rings. The molecule has 3 nitrogen and oxygen atoms in total. The molecule has 1 unspecified atom stereocenters. The van der Waals surface area contributed by atoms with Gasteiger partial charge in [-0.05, 0) is 52.3 Å². The van der Waals surface area contributed by atoms with E-state index in [4.69, 9.17) is 14.2 Å². The minimum Gasteiger partial charge on any atom is -0.497 e. The monoisotopic (exact) mass is 352 g/mol. The summed E-state index contributed by atoms with van der Waals surface area (Å²) in [6.45, 7) is 0.404. The van der Waals surface area contributed by atoms with E-state index in [1.54, 1.807) is 13.2 Å². The zero-order chi connectivity index (χ0) is 14.8. The lowest BCUT2D eigenvalue weighted by atomic mass is 10.1. The summed E-state index contributed by atoms with van der Waals surface area (Å²) in [6.07, 6.45) is 0.553. The molecule has 0 saturated carbocycles. The molecule has 1 aliphatic heterocycles. The van der Waals surface area contributed by atoms with Crippen molar-refractivity contribution in [1.82, 2.24) is 0 Å². The number of methoxy groups -OCH3 is 1. The van der Waals surface area contributed by atoms with E-state index in [1.807, 2.05) is 18.2 Å². The molecule has 0 amide bonds. The summed E-state index contributed by atoms with van der Waals surface area (Å²) in [7, 11) is 1.62. The number of ether oxygens (including phenoxy) is 3. The van der Waals surface area contributed by atoms with Crippen LogP contribution in [0.4, 0.5) is 4.39 Å². The Kier molecular flexibility index (Phi) is 4.01. The SMILES string of the molecule is COc1ccc(OCC2Cc3cc(F)ccc3O2)c(Br)c1. The van der Waals surface area contributed by atoms with E-state index in [-0.39, 0.29) is 11.9 Å². The number of benzene rings is 2. The first-order chi connectivity index (χ1) is 10.2. The molecule has 0 aliphatic carbocycles. The Balaban J connectivity index is 1.62. The Hall–Kier alpha value is -1.75. The van der Waals surface area contributed by atoms with Crippen molar-refractivity contribution in [2.75, 3.05) is 13.7 Å². The maximum Gasteiger partial charge on any atom is 0.137 e. The van der Waals surface area contributed by atoms with Crippen LogP contribution in [0.25, 0.3) is 0 Å². The summed E-state index contributed by atoms with van der Waals surface area (Å²) in [5.41, 5.74) is 0.886. The zero-order valence-corrected chi connectivity index (χ0v) is 13.0. The van der Waals surface area contributed by atoms with Crippen LogP contribution in [0.1, 0.15) is 5.56 Å². The van der Waals surface area contributed by atoms with Gasteiger partial charge in [-0.1, -0.05) is 0 Å². The van der Waals surface area contributed by atoms with Crippen LogP contribution in [-0.4, -0.2) is 19.8 Å². The second-order valence-electron chi connectivity index (χ2n) is 4.80. The summed E-state index contributed by atoms with van der Waals surface area (Å²) in [4.78, 5) is 0. The fourth-order valence-electron chi connectivity index (χ4n) is 2.29. The van der Waals surface area contributed by atoms with Gasteiger partial charge in [0.25, 0.3) is 0 Å². The number of rotatable bonds is 4. The molecule has 21 heavy (non-hydrogen) atoms. The van der Waals surface area contributed by atoms with Gasteiger partial charge < -0.3 is 14.2 Å². The van der Waals surface area contributed by atoms with Gasteiger partial charge in [0.15, 0.2) is 0 Å². The van der Waals surface area contributed by atoms with Gasteiger partial charge >= 0.3 is 0 Å². The summed E-state index contributed by atoms with van der Waals surface area (Å²) in [6, 6.07) is 10.1. The fourth-order valence-corrected chi connectivity index (χ4v) is 2.76. The van der Waals surface area contributed by atoms with Crippen LogP contribution in [0, 0.1) is 5.82 Å². The van der Waals surface area contributed by atoms with Gasteiger partial charge in [0.1, 0.15) is 35.8 Å². The molecule has 2 aromatic carbocycles. The van der Waals surface area contributed by atoms with Gasteiger partial charge in [0, 0.05) is 12.0 Å². The maximum atomic E-state index is 13.2. The fraction of sp³-hybridized carbons (Fsp3) is 0.250. The van der Waals surface area contributed by atoms with Crippen LogP contribution in [0.2, 0.25) is 0 Å². The Morgan fingerprint density at radius 3 is 2.90 bits per heavy atom. The smallest absolute Gasteiger partial charge is 0.137 e. The maximum absolute atomic E-state index is 13.2. The molecule has 2 aromatic rings. The highest BCUT2D eigenvalue weighted by atomic mass is 79.9. The summed E-state index contributed by atoms with van der Waals surface area (Å²) >= 11 is 3.44. The van der Waals surface area contributed by atoms with E-state index < -0.39 is 0 Å². The standard InChI is InChI=1S/C16H14BrFO3/c1-19-12-3-5-16(14(17)8-12)20-9-13-7-10-6-11(18)2-4-15(10)21-13/h2-6,8,13H,7,9H2,1H3. The van der Waals surface area contributed by atoms with Gasteiger partial charge in [0.2, 0.25) is 0 Å². The topological polar surface area (TPSA) is 27.7 Å². The van der Waals surface area contributed by atoms with Crippen LogP contribution in [0.15, 0.2) is 40.9 Å². The molecule has 110 valence electrons. The van der Waals surface area contributed by atoms with Crippen molar-refractivity contribution in [2.45, 2.75) is 12.5 Å². The molecule has 0 aromatic heterocycles. The highest BCUT2D eigenvalue weighted by Gasteiger charge is 2.24. The predicted molar refractivity (Wildman–Crippen MR) is 80.7 cm³/mol. The number of fused-ring (bicyclic) bond motifs is 1. The van der Waals surface area contributed by atoms with Gasteiger partial charge in [-0.2, -0.15) is 0 Å². The molecule has 0 spiro atoms. The number of hydrogen-bond donors (Lipinski definition) is 0. The third-order valence-electron chi connectivity index (χ3n) is 3.33. The first kappa shape index (κ1) is 14.2. The van der Waals surface area contributed by atoms with Gasteiger partial charge in [-0.25, -0.2) is 4.39 Å². The Morgan fingerprint density at radius 2 is 2.14 bits per heavy atom. The molecule has 1 atom stereocenters. The highest BCUT2D eigenvalue weighted by Crippen LogP contribution is 2.32. The minimum atomic E-state index is -0.239. The minimum absolute atomic E-state index is 0.101. The van der Waals surface area contributed by atoms with Crippen LogP contribution < -0.4 is 14.2 Å². The molecule has 0 bridgehead atoms. The molecule has 1 heterocycles. The van der Waals surface area contributed by atoms with E-state index in [0.717, 1.165) is 27.3 Å². The average molecular weight is 353 g/mol. The van der Waals surface area contributed by atoms with Crippen LogP contribution in [0.3, 0.4) is 0 Å².